The highest BCUT2D eigenvalue weighted by atomic mass is 16.5. The van der Waals surface area contributed by atoms with Crippen molar-refractivity contribution in [2.75, 3.05) is 13.2 Å². The zero-order valence-electron chi connectivity index (χ0n) is 19.8. The van der Waals surface area contributed by atoms with Gasteiger partial charge < -0.3 is 14.5 Å². The van der Waals surface area contributed by atoms with Crippen LogP contribution in [0.3, 0.4) is 0 Å². The maximum absolute atomic E-state index is 12.5. The third-order valence-electron chi connectivity index (χ3n) is 5.83. The molecule has 4 nitrogen and oxygen atoms in total. The molecule has 33 heavy (non-hydrogen) atoms. The molecular weight excluding hydrogens is 410 g/mol. The summed E-state index contributed by atoms with van der Waals surface area (Å²) in [6.45, 7) is 9.40. The quantitative estimate of drug-likeness (QED) is 0.294. The molecular formula is C29H31NO3. The summed E-state index contributed by atoms with van der Waals surface area (Å²) >= 11 is 0. The Morgan fingerprint density at radius 1 is 1.09 bits per heavy atom. The first kappa shape index (κ1) is 22.7. The number of amides is 1. The maximum Gasteiger partial charge on any atom is 0.244 e. The zero-order valence-corrected chi connectivity index (χ0v) is 19.8. The smallest absolute Gasteiger partial charge is 0.244 e. The lowest BCUT2D eigenvalue weighted by Gasteiger charge is -2.12. The number of furan rings is 1. The fourth-order valence-electron chi connectivity index (χ4n) is 4.03. The van der Waals surface area contributed by atoms with Gasteiger partial charge in [0.1, 0.15) is 11.3 Å². The molecule has 3 aromatic carbocycles. The lowest BCUT2D eigenvalue weighted by molar-refractivity contribution is -0.116. The van der Waals surface area contributed by atoms with Crippen LogP contribution in [-0.2, 0) is 4.79 Å². The van der Waals surface area contributed by atoms with Gasteiger partial charge in [0, 0.05) is 35.2 Å². The van der Waals surface area contributed by atoms with Gasteiger partial charge in [-0.2, -0.15) is 0 Å². The summed E-state index contributed by atoms with van der Waals surface area (Å²) in [5.41, 5.74) is 4.63. The van der Waals surface area contributed by atoms with Gasteiger partial charge in [-0.3, -0.25) is 4.79 Å². The largest absolute Gasteiger partial charge is 0.493 e. The minimum absolute atomic E-state index is 0.0855. The first-order valence-corrected chi connectivity index (χ1v) is 11.6. The Morgan fingerprint density at radius 2 is 1.88 bits per heavy atom. The van der Waals surface area contributed by atoms with Crippen LogP contribution in [0.2, 0.25) is 0 Å². The van der Waals surface area contributed by atoms with Crippen molar-refractivity contribution in [3.05, 3.63) is 72.5 Å². The highest BCUT2D eigenvalue weighted by molar-refractivity contribution is 6.01. The Morgan fingerprint density at radius 3 is 2.64 bits per heavy atom. The Kier molecular flexibility index (Phi) is 6.83. The summed E-state index contributed by atoms with van der Waals surface area (Å²) < 4.78 is 11.8. The molecule has 170 valence electrons. The third-order valence-corrected chi connectivity index (χ3v) is 5.83. The van der Waals surface area contributed by atoms with Crippen molar-refractivity contribution in [3.8, 4) is 16.9 Å². The van der Waals surface area contributed by atoms with Crippen molar-refractivity contribution >= 4 is 33.2 Å². The van der Waals surface area contributed by atoms with Crippen LogP contribution in [0.25, 0.3) is 38.4 Å². The van der Waals surface area contributed by atoms with E-state index >= 15 is 0 Å². The number of carbonyl (C=O) groups excluding carboxylic acids is 1. The van der Waals surface area contributed by atoms with E-state index < -0.39 is 0 Å². The SMILES string of the molecule is CCOc1cc2occ(-c3ccc4ccccc4c3)c2cc1/C(C)=C/C(=O)NCCC(C)C. The number of carbonyl (C=O) groups is 1. The van der Waals surface area contributed by atoms with Crippen LogP contribution in [0.4, 0.5) is 0 Å². The number of nitrogens with one attached hydrogen (secondary N) is 1. The molecule has 0 aliphatic rings. The van der Waals surface area contributed by atoms with Crippen LogP contribution in [0.15, 0.2) is 71.4 Å². The number of hydrogen-bond acceptors (Lipinski definition) is 3. The fourth-order valence-corrected chi connectivity index (χ4v) is 4.03. The summed E-state index contributed by atoms with van der Waals surface area (Å²) in [4.78, 5) is 12.5. The molecule has 0 aliphatic carbocycles. The average molecular weight is 442 g/mol. The molecule has 0 fully saturated rings. The van der Waals surface area contributed by atoms with Crippen molar-refractivity contribution in [1.29, 1.82) is 0 Å². The lowest BCUT2D eigenvalue weighted by Crippen LogP contribution is -2.23. The van der Waals surface area contributed by atoms with E-state index in [0.717, 1.165) is 39.7 Å². The van der Waals surface area contributed by atoms with E-state index in [1.54, 1.807) is 12.3 Å². The maximum atomic E-state index is 12.5. The lowest BCUT2D eigenvalue weighted by atomic mass is 9.97. The zero-order chi connectivity index (χ0) is 23.4. The number of benzene rings is 3. The Labute approximate surface area is 195 Å². The molecule has 0 saturated carbocycles. The second-order valence-electron chi connectivity index (χ2n) is 8.79. The Bertz CT molecular complexity index is 1310. The second-order valence-corrected chi connectivity index (χ2v) is 8.79. The Balaban J connectivity index is 1.73. The standard InChI is InChI=1S/C29H31NO3/c1-5-32-27-17-28-25(16-24(27)20(4)14-29(31)30-13-12-19(2)3)26(18-33-28)23-11-10-21-8-6-7-9-22(21)15-23/h6-11,14-19H,5,12-13H2,1-4H3,(H,30,31)/b20-14+. The predicted molar refractivity (Wildman–Crippen MR) is 136 cm³/mol. The summed E-state index contributed by atoms with van der Waals surface area (Å²) in [6, 6.07) is 18.7. The van der Waals surface area contributed by atoms with Gasteiger partial charge >= 0.3 is 0 Å². The van der Waals surface area contributed by atoms with Gasteiger partial charge in [0.2, 0.25) is 5.91 Å². The highest BCUT2D eigenvalue weighted by Gasteiger charge is 2.15. The molecule has 1 aromatic heterocycles. The number of ether oxygens (including phenoxy) is 1. The number of hydrogen-bond donors (Lipinski definition) is 1. The number of rotatable bonds is 8. The van der Waals surface area contributed by atoms with Crippen molar-refractivity contribution in [3.63, 3.8) is 0 Å². The summed E-state index contributed by atoms with van der Waals surface area (Å²) in [7, 11) is 0. The minimum atomic E-state index is -0.0855. The van der Waals surface area contributed by atoms with Crippen LogP contribution >= 0.6 is 0 Å². The van der Waals surface area contributed by atoms with Gasteiger partial charge in [-0.25, -0.2) is 0 Å². The summed E-state index contributed by atoms with van der Waals surface area (Å²) in [6.07, 6.45) is 4.41. The molecule has 1 amide bonds. The monoisotopic (exact) mass is 441 g/mol. The van der Waals surface area contributed by atoms with Crippen molar-refractivity contribution in [2.24, 2.45) is 5.92 Å². The van der Waals surface area contributed by atoms with Gasteiger partial charge in [0.05, 0.1) is 12.9 Å². The molecule has 1 N–H and O–H groups in total. The molecule has 4 aromatic rings. The van der Waals surface area contributed by atoms with E-state index in [2.05, 4.69) is 55.6 Å². The van der Waals surface area contributed by atoms with E-state index in [4.69, 9.17) is 9.15 Å². The molecule has 4 rings (SSSR count). The number of fused-ring (bicyclic) bond motifs is 2. The van der Waals surface area contributed by atoms with E-state index in [9.17, 15) is 4.79 Å². The molecule has 0 spiro atoms. The van der Waals surface area contributed by atoms with Crippen LogP contribution in [0.5, 0.6) is 5.75 Å². The summed E-state index contributed by atoms with van der Waals surface area (Å²) in [5, 5.41) is 6.36. The average Bonchev–Trinajstić information content (AvgIpc) is 3.21. The van der Waals surface area contributed by atoms with Crippen LogP contribution in [-0.4, -0.2) is 19.1 Å². The molecule has 4 heteroatoms. The van der Waals surface area contributed by atoms with Crippen molar-refractivity contribution < 1.29 is 13.9 Å². The second kappa shape index (κ2) is 9.95. The molecule has 0 saturated heterocycles. The van der Waals surface area contributed by atoms with E-state index in [1.165, 1.54) is 10.8 Å². The third kappa shape index (κ3) is 5.11. The van der Waals surface area contributed by atoms with Crippen LogP contribution in [0, 0.1) is 5.92 Å². The van der Waals surface area contributed by atoms with Crippen LogP contribution in [0.1, 0.15) is 39.7 Å². The topological polar surface area (TPSA) is 51.5 Å². The van der Waals surface area contributed by atoms with Gasteiger partial charge in [-0.05, 0) is 60.2 Å². The van der Waals surface area contributed by atoms with E-state index in [0.29, 0.717) is 24.8 Å². The minimum Gasteiger partial charge on any atom is -0.493 e. The predicted octanol–water partition coefficient (Wildman–Crippen LogP) is 7.22. The van der Waals surface area contributed by atoms with Gasteiger partial charge in [-0.1, -0.05) is 50.2 Å². The van der Waals surface area contributed by atoms with E-state index in [1.807, 2.05) is 32.0 Å². The van der Waals surface area contributed by atoms with Gasteiger partial charge in [0.25, 0.3) is 0 Å². The highest BCUT2D eigenvalue weighted by Crippen LogP contribution is 2.38. The molecule has 0 aliphatic heterocycles. The van der Waals surface area contributed by atoms with Crippen molar-refractivity contribution in [2.45, 2.75) is 34.1 Å². The first-order valence-electron chi connectivity index (χ1n) is 11.6. The first-order chi connectivity index (χ1) is 16.0. The molecule has 0 atom stereocenters. The fraction of sp³-hybridized carbons (Fsp3) is 0.276. The van der Waals surface area contributed by atoms with Gasteiger partial charge in [0.15, 0.2) is 0 Å². The van der Waals surface area contributed by atoms with Crippen molar-refractivity contribution in [1.82, 2.24) is 5.32 Å². The van der Waals surface area contributed by atoms with Gasteiger partial charge in [-0.15, -0.1) is 0 Å². The molecule has 1 heterocycles. The van der Waals surface area contributed by atoms with Crippen LogP contribution < -0.4 is 10.1 Å². The van der Waals surface area contributed by atoms with E-state index in [-0.39, 0.29) is 5.91 Å². The summed E-state index contributed by atoms with van der Waals surface area (Å²) in [5.74, 6) is 1.18. The molecule has 0 radical (unpaired) electrons. The molecule has 0 unspecified atom stereocenters. The normalized spacial score (nSPS) is 12.0. The number of allylic oxidation sites excluding steroid dienone is 1. The Hall–Kier alpha value is -3.53. The molecule has 0 bridgehead atoms.